The molecular weight excluding hydrogens is 208 g/mol. The van der Waals surface area contributed by atoms with Crippen molar-refractivity contribution >= 4 is 5.91 Å². The van der Waals surface area contributed by atoms with Crippen LogP contribution in [0.3, 0.4) is 0 Å². The molecule has 2 aliphatic rings. The second-order valence-electron chi connectivity index (χ2n) is 4.82. The van der Waals surface area contributed by atoms with E-state index < -0.39 is 12.2 Å². The van der Waals surface area contributed by atoms with Crippen molar-refractivity contribution < 1.29 is 15.0 Å². The van der Waals surface area contributed by atoms with E-state index in [9.17, 15) is 15.0 Å². The van der Waals surface area contributed by atoms with Crippen molar-refractivity contribution in [2.75, 3.05) is 6.54 Å². The third-order valence-electron chi connectivity index (χ3n) is 3.48. The Balaban J connectivity index is 1.82. The second kappa shape index (κ2) is 5.12. The lowest BCUT2D eigenvalue weighted by Crippen LogP contribution is -2.50. The topological polar surface area (TPSA) is 81.6 Å². The minimum Gasteiger partial charge on any atom is -0.392 e. The van der Waals surface area contributed by atoms with E-state index in [0.717, 1.165) is 25.7 Å². The van der Waals surface area contributed by atoms with E-state index in [1.54, 1.807) is 0 Å². The summed E-state index contributed by atoms with van der Waals surface area (Å²) in [4.78, 5) is 11.8. The van der Waals surface area contributed by atoms with Crippen molar-refractivity contribution in [1.29, 1.82) is 0 Å². The maximum atomic E-state index is 11.8. The number of carbonyl (C=O) groups is 1. The van der Waals surface area contributed by atoms with Crippen LogP contribution in [-0.2, 0) is 4.79 Å². The van der Waals surface area contributed by atoms with Crippen LogP contribution in [0.25, 0.3) is 0 Å². The summed E-state index contributed by atoms with van der Waals surface area (Å²) < 4.78 is 0. The summed E-state index contributed by atoms with van der Waals surface area (Å²) in [6.07, 6.45) is 3.34. The summed E-state index contributed by atoms with van der Waals surface area (Å²) in [6.45, 7) is 0.477. The van der Waals surface area contributed by atoms with Gasteiger partial charge in [0.15, 0.2) is 0 Å². The summed E-state index contributed by atoms with van der Waals surface area (Å²) in [5.74, 6) is -0.0949. The van der Waals surface area contributed by atoms with E-state index in [0.29, 0.717) is 13.0 Å². The van der Waals surface area contributed by atoms with Crippen LogP contribution in [0.15, 0.2) is 0 Å². The number of hydrogen-bond donors (Lipinski definition) is 4. The summed E-state index contributed by atoms with van der Waals surface area (Å²) in [6, 6.07) is -0.412. The van der Waals surface area contributed by atoms with Gasteiger partial charge in [-0.15, -0.1) is 0 Å². The number of nitrogens with one attached hydrogen (secondary N) is 2. The fraction of sp³-hybridized carbons (Fsp3) is 0.909. The van der Waals surface area contributed by atoms with Gasteiger partial charge in [0.05, 0.1) is 24.3 Å². The Labute approximate surface area is 95.2 Å². The molecule has 0 aromatic carbocycles. The molecule has 2 fully saturated rings. The van der Waals surface area contributed by atoms with Gasteiger partial charge in [-0.25, -0.2) is 0 Å². The van der Waals surface area contributed by atoms with Gasteiger partial charge in [0.25, 0.3) is 0 Å². The first-order chi connectivity index (χ1) is 7.66. The third kappa shape index (κ3) is 2.72. The molecule has 0 bridgehead atoms. The van der Waals surface area contributed by atoms with Gasteiger partial charge in [-0.05, 0) is 19.3 Å². The first-order valence-corrected chi connectivity index (χ1v) is 6.06. The molecular formula is C11H20N2O3. The number of aliphatic hydroxyl groups excluding tert-OH is 2. The van der Waals surface area contributed by atoms with Crippen LogP contribution in [0.5, 0.6) is 0 Å². The average Bonchev–Trinajstić information content (AvgIpc) is 2.68. The van der Waals surface area contributed by atoms with Crippen LogP contribution in [-0.4, -0.2) is 47.0 Å². The monoisotopic (exact) mass is 228 g/mol. The van der Waals surface area contributed by atoms with Gasteiger partial charge in [-0.3, -0.25) is 4.79 Å². The highest BCUT2D eigenvalue weighted by Crippen LogP contribution is 2.18. The molecule has 1 saturated heterocycles. The molecule has 16 heavy (non-hydrogen) atoms. The zero-order chi connectivity index (χ0) is 11.5. The lowest BCUT2D eigenvalue weighted by Gasteiger charge is -2.29. The highest BCUT2D eigenvalue weighted by atomic mass is 16.3. The summed E-state index contributed by atoms with van der Waals surface area (Å²) in [5, 5.41) is 24.9. The van der Waals surface area contributed by atoms with Gasteiger partial charge < -0.3 is 20.8 Å². The van der Waals surface area contributed by atoms with Crippen LogP contribution in [0, 0.1) is 0 Å². The van der Waals surface area contributed by atoms with Gasteiger partial charge in [0, 0.05) is 6.54 Å². The molecule has 1 amide bonds. The minimum absolute atomic E-state index is 0.0949. The molecule has 0 aromatic rings. The predicted molar refractivity (Wildman–Crippen MR) is 58.8 cm³/mol. The van der Waals surface area contributed by atoms with E-state index in [-0.39, 0.29) is 18.0 Å². The number of β-amino-alcohol motifs (C(OH)–C–C–N with tert-alkyl or cyclic N) is 1. The average molecular weight is 228 g/mol. The maximum absolute atomic E-state index is 11.8. The van der Waals surface area contributed by atoms with E-state index in [4.69, 9.17) is 0 Å². The molecule has 2 rings (SSSR count). The lowest BCUT2D eigenvalue weighted by molar-refractivity contribution is -0.124. The number of amides is 1. The number of hydrogen-bond acceptors (Lipinski definition) is 4. The van der Waals surface area contributed by atoms with Crippen LogP contribution < -0.4 is 10.6 Å². The Hall–Kier alpha value is -0.650. The van der Waals surface area contributed by atoms with Gasteiger partial charge in [0.2, 0.25) is 5.91 Å². The Morgan fingerprint density at radius 1 is 1.25 bits per heavy atom. The Kier molecular flexibility index (Phi) is 3.78. The van der Waals surface area contributed by atoms with E-state index in [2.05, 4.69) is 10.6 Å². The number of rotatable bonds is 2. The lowest BCUT2D eigenvalue weighted by atomic mass is 9.92. The molecule has 4 atom stereocenters. The normalized spacial score (nSPS) is 39.6. The van der Waals surface area contributed by atoms with Crippen molar-refractivity contribution in [3.8, 4) is 0 Å². The van der Waals surface area contributed by atoms with Crippen LogP contribution >= 0.6 is 0 Å². The number of carbonyl (C=O) groups excluding carboxylic acids is 1. The SMILES string of the molecule is O=C(NC1CCCCC1O)C1CC(O)CN1. The Morgan fingerprint density at radius 2 is 2.00 bits per heavy atom. The van der Waals surface area contributed by atoms with Gasteiger partial charge in [-0.1, -0.05) is 12.8 Å². The Bertz CT molecular complexity index is 260. The molecule has 5 heteroatoms. The first kappa shape index (κ1) is 11.8. The molecule has 4 unspecified atom stereocenters. The zero-order valence-electron chi connectivity index (χ0n) is 9.35. The summed E-state index contributed by atoms with van der Waals surface area (Å²) in [5.41, 5.74) is 0. The van der Waals surface area contributed by atoms with Crippen LogP contribution in [0.2, 0.25) is 0 Å². The molecule has 1 aliphatic carbocycles. The van der Waals surface area contributed by atoms with Crippen molar-refractivity contribution in [2.45, 2.75) is 56.4 Å². The van der Waals surface area contributed by atoms with E-state index in [1.165, 1.54) is 0 Å². The molecule has 0 aromatic heterocycles. The second-order valence-corrected chi connectivity index (χ2v) is 4.82. The zero-order valence-corrected chi connectivity index (χ0v) is 9.35. The maximum Gasteiger partial charge on any atom is 0.237 e. The number of aliphatic hydroxyl groups is 2. The third-order valence-corrected chi connectivity index (χ3v) is 3.48. The molecule has 1 heterocycles. The van der Waals surface area contributed by atoms with Crippen molar-refractivity contribution in [2.24, 2.45) is 0 Å². The molecule has 92 valence electrons. The minimum atomic E-state index is -0.424. The van der Waals surface area contributed by atoms with Crippen molar-refractivity contribution in [3.63, 3.8) is 0 Å². The highest BCUT2D eigenvalue weighted by Gasteiger charge is 2.31. The predicted octanol–water partition coefficient (Wildman–Crippen LogP) is -0.871. The van der Waals surface area contributed by atoms with Crippen LogP contribution in [0.4, 0.5) is 0 Å². The standard InChI is InChI=1S/C11H20N2O3/c14-7-5-9(12-6-7)11(16)13-8-3-1-2-4-10(8)15/h7-10,12,14-15H,1-6H2,(H,13,16). The van der Waals surface area contributed by atoms with E-state index >= 15 is 0 Å². The summed E-state index contributed by atoms with van der Waals surface area (Å²) in [7, 11) is 0. The fourth-order valence-electron chi connectivity index (χ4n) is 2.48. The molecule has 4 N–H and O–H groups in total. The van der Waals surface area contributed by atoms with Gasteiger partial charge in [0.1, 0.15) is 0 Å². The largest absolute Gasteiger partial charge is 0.392 e. The smallest absolute Gasteiger partial charge is 0.237 e. The van der Waals surface area contributed by atoms with Crippen molar-refractivity contribution in [1.82, 2.24) is 10.6 Å². The van der Waals surface area contributed by atoms with Crippen molar-refractivity contribution in [3.05, 3.63) is 0 Å². The quantitative estimate of drug-likeness (QED) is 0.495. The van der Waals surface area contributed by atoms with Gasteiger partial charge >= 0.3 is 0 Å². The summed E-state index contributed by atoms with van der Waals surface area (Å²) >= 11 is 0. The Morgan fingerprint density at radius 3 is 2.62 bits per heavy atom. The molecule has 0 spiro atoms. The molecule has 1 aliphatic heterocycles. The van der Waals surface area contributed by atoms with Crippen LogP contribution in [0.1, 0.15) is 32.1 Å². The molecule has 5 nitrogen and oxygen atoms in total. The fourth-order valence-corrected chi connectivity index (χ4v) is 2.48. The highest BCUT2D eigenvalue weighted by molar-refractivity contribution is 5.82. The van der Waals surface area contributed by atoms with E-state index in [1.807, 2.05) is 0 Å². The molecule has 1 saturated carbocycles. The first-order valence-electron chi connectivity index (χ1n) is 6.06. The van der Waals surface area contributed by atoms with Gasteiger partial charge in [-0.2, -0.15) is 0 Å². The molecule has 0 radical (unpaired) electrons.